The highest BCUT2D eigenvalue weighted by molar-refractivity contribution is 5.60. The Morgan fingerprint density at radius 3 is 2.75 bits per heavy atom. The maximum atomic E-state index is 10.9. The Morgan fingerprint density at radius 2 is 2.07 bits per heavy atom. The van der Waals surface area contributed by atoms with E-state index in [1.54, 1.807) is 12.1 Å². The molecule has 4 rings (SSSR count). The summed E-state index contributed by atoms with van der Waals surface area (Å²) in [6.45, 7) is 2.93. The van der Waals surface area contributed by atoms with Crippen LogP contribution in [0.2, 0.25) is 0 Å². The minimum Gasteiger partial charge on any atom is -0.346 e. The summed E-state index contributed by atoms with van der Waals surface area (Å²) in [6, 6.07) is 8.47. The van der Waals surface area contributed by atoms with E-state index in [4.69, 9.17) is 4.98 Å². The molecule has 1 saturated heterocycles. The monoisotopic (exact) mass is 379 g/mol. The maximum absolute atomic E-state index is 10.9. The summed E-state index contributed by atoms with van der Waals surface area (Å²) in [4.78, 5) is 26.5. The molecule has 1 atom stereocenters. The molecule has 0 amide bonds. The number of hydrogen-bond acceptors (Lipinski definition) is 7. The zero-order valence-electron chi connectivity index (χ0n) is 15.6. The molecule has 1 aliphatic rings. The number of rotatable bonds is 5. The molecule has 144 valence electrons. The zero-order chi connectivity index (χ0) is 19.5. The smallest absolute Gasteiger partial charge is 0.269 e. The van der Waals surface area contributed by atoms with Crippen molar-refractivity contribution in [1.29, 1.82) is 0 Å². The average Bonchev–Trinajstić information content (AvgIpc) is 3.28. The highest BCUT2D eigenvalue weighted by Gasteiger charge is 2.28. The van der Waals surface area contributed by atoms with Crippen LogP contribution in [0.3, 0.4) is 0 Å². The molecular formula is C19H21N7O2. The molecule has 0 radical (unpaired) electrons. The van der Waals surface area contributed by atoms with Crippen LogP contribution in [0.4, 0.5) is 11.5 Å². The quantitative estimate of drug-likeness (QED) is 0.533. The van der Waals surface area contributed by atoms with Crippen molar-refractivity contribution in [2.45, 2.75) is 38.6 Å². The molecule has 1 aromatic carbocycles. The normalized spacial score (nSPS) is 16.9. The van der Waals surface area contributed by atoms with Crippen molar-refractivity contribution in [3.8, 4) is 11.4 Å². The van der Waals surface area contributed by atoms with Crippen LogP contribution in [-0.2, 0) is 6.42 Å². The van der Waals surface area contributed by atoms with E-state index in [0.717, 1.165) is 55.1 Å². The Balaban J connectivity index is 1.72. The number of aromatic nitrogens is 5. The highest BCUT2D eigenvalue weighted by atomic mass is 16.6. The van der Waals surface area contributed by atoms with E-state index in [1.165, 1.54) is 18.5 Å². The van der Waals surface area contributed by atoms with Crippen LogP contribution in [0.5, 0.6) is 0 Å². The molecule has 1 N–H and O–H groups in total. The summed E-state index contributed by atoms with van der Waals surface area (Å²) in [5, 5.41) is 17.9. The van der Waals surface area contributed by atoms with Gasteiger partial charge in [0.25, 0.3) is 5.69 Å². The summed E-state index contributed by atoms with van der Waals surface area (Å²) in [5.74, 6) is 2.26. The second-order valence-electron chi connectivity index (χ2n) is 6.77. The predicted octanol–water partition coefficient (Wildman–Crippen LogP) is 3.46. The van der Waals surface area contributed by atoms with Gasteiger partial charge in [-0.15, -0.1) is 0 Å². The first kappa shape index (κ1) is 18.0. The van der Waals surface area contributed by atoms with Crippen LogP contribution >= 0.6 is 0 Å². The highest BCUT2D eigenvalue weighted by Crippen LogP contribution is 2.33. The van der Waals surface area contributed by atoms with E-state index < -0.39 is 4.92 Å². The van der Waals surface area contributed by atoms with Crippen molar-refractivity contribution in [3.05, 3.63) is 58.3 Å². The lowest BCUT2D eigenvalue weighted by atomic mass is 10.0. The zero-order valence-corrected chi connectivity index (χ0v) is 15.6. The first-order valence-corrected chi connectivity index (χ1v) is 9.40. The van der Waals surface area contributed by atoms with Gasteiger partial charge in [0.05, 0.1) is 11.0 Å². The molecular weight excluding hydrogens is 358 g/mol. The first-order valence-electron chi connectivity index (χ1n) is 9.40. The van der Waals surface area contributed by atoms with E-state index in [0.29, 0.717) is 5.82 Å². The lowest BCUT2D eigenvalue weighted by Crippen LogP contribution is -2.35. The van der Waals surface area contributed by atoms with Crippen molar-refractivity contribution < 1.29 is 4.92 Å². The third-order valence-electron chi connectivity index (χ3n) is 5.01. The molecule has 1 fully saturated rings. The van der Waals surface area contributed by atoms with Crippen molar-refractivity contribution in [2.75, 3.05) is 11.4 Å². The summed E-state index contributed by atoms with van der Waals surface area (Å²) in [7, 11) is 0. The fourth-order valence-corrected chi connectivity index (χ4v) is 3.54. The van der Waals surface area contributed by atoms with E-state index in [2.05, 4.69) is 32.0 Å². The molecule has 1 aliphatic heterocycles. The number of aromatic amines is 1. The van der Waals surface area contributed by atoms with Crippen LogP contribution in [0, 0.1) is 10.1 Å². The Morgan fingerprint density at radius 1 is 1.25 bits per heavy atom. The maximum Gasteiger partial charge on any atom is 0.269 e. The van der Waals surface area contributed by atoms with Gasteiger partial charge >= 0.3 is 0 Å². The average molecular weight is 379 g/mol. The minimum absolute atomic E-state index is 0.0528. The van der Waals surface area contributed by atoms with Crippen LogP contribution in [0.1, 0.15) is 43.7 Å². The second kappa shape index (κ2) is 7.71. The molecule has 3 aromatic rings. The Hall–Kier alpha value is -3.36. The number of H-pyrrole nitrogens is 1. The fraction of sp³-hybridized carbons (Fsp3) is 0.368. The Labute approximate surface area is 162 Å². The van der Waals surface area contributed by atoms with Crippen molar-refractivity contribution in [2.24, 2.45) is 0 Å². The Bertz CT molecular complexity index is 957. The van der Waals surface area contributed by atoms with Gasteiger partial charge in [-0.2, -0.15) is 5.10 Å². The second-order valence-corrected chi connectivity index (χ2v) is 6.77. The van der Waals surface area contributed by atoms with Crippen LogP contribution in [0.25, 0.3) is 11.4 Å². The number of anilines is 1. The lowest BCUT2D eigenvalue weighted by Gasteiger charge is -2.35. The molecule has 0 saturated carbocycles. The SMILES string of the molecule is CCc1cc(N2CCCC[C@H]2c2ncn[nH]2)nc(-c2ccc([N+](=O)[O-])cc2)n1. The number of nitrogens with one attached hydrogen (secondary N) is 1. The largest absolute Gasteiger partial charge is 0.346 e. The molecule has 0 bridgehead atoms. The minimum atomic E-state index is -0.408. The number of non-ortho nitro benzene ring substituents is 1. The molecule has 9 heteroatoms. The summed E-state index contributed by atoms with van der Waals surface area (Å²) in [5.41, 5.74) is 1.74. The number of hydrogen-bond donors (Lipinski definition) is 1. The van der Waals surface area contributed by atoms with Gasteiger partial charge < -0.3 is 4.90 Å². The Kier molecular flexibility index (Phi) is 4.96. The van der Waals surface area contributed by atoms with Gasteiger partial charge in [0.1, 0.15) is 18.0 Å². The topological polar surface area (TPSA) is 114 Å². The number of aryl methyl sites for hydroxylation is 1. The summed E-state index contributed by atoms with van der Waals surface area (Å²) in [6.07, 6.45) is 5.50. The molecule has 3 heterocycles. The van der Waals surface area contributed by atoms with Gasteiger partial charge in [-0.25, -0.2) is 15.0 Å². The summed E-state index contributed by atoms with van der Waals surface area (Å²) >= 11 is 0. The van der Waals surface area contributed by atoms with Gasteiger partial charge in [0.2, 0.25) is 0 Å². The summed E-state index contributed by atoms with van der Waals surface area (Å²) < 4.78 is 0. The van der Waals surface area contributed by atoms with Gasteiger partial charge in [0.15, 0.2) is 5.82 Å². The molecule has 0 aliphatic carbocycles. The van der Waals surface area contributed by atoms with Crippen LogP contribution in [-0.4, -0.2) is 36.6 Å². The van der Waals surface area contributed by atoms with Crippen molar-refractivity contribution in [1.82, 2.24) is 25.1 Å². The predicted molar refractivity (Wildman–Crippen MR) is 104 cm³/mol. The van der Waals surface area contributed by atoms with Gasteiger partial charge in [0, 0.05) is 36.0 Å². The number of nitro benzene ring substituents is 1. The van der Waals surface area contributed by atoms with Gasteiger partial charge in [-0.3, -0.25) is 15.2 Å². The molecule has 28 heavy (non-hydrogen) atoms. The molecule has 2 aromatic heterocycles. The molecule has 0 unspecified atom stereocenters. The van der Waals surface area contributed by atoms with Crippen molar-refractivity contribution in [3.63, 3.8) is 0 Å². The van der Waals surface area contributed by atoms with Gasteiger partial charge in [-0.05, 0) is 37.8 Å². The van der Waals surface area contributed by atoms with Crippen molar-refractivity contribution >= 4 is 11.5 Å². The number of piperidine rings is 1. The van der Waals surface area contributed by atoms with E-state index in [9.17, 15) is 10.1 Å². The van der Waals surface area contributed by atoms with E-state index in [-0.39, 0.29) is 11.7 Å². The van der Waals surface area contributed by atoms with E-state index >= 15 is 0 Å². The fourth-order valence-electron chi connectivity index (χ4n) is 3.54. The third kappa shape index (κ3) is 3.55. The van der Waals surface area contributed by atoms with Crippen LogP contribution in [0.15, 0.2) is 36.7 Å². The van der Waals surface area contributed by atoms with Gasteiger partial charge in [-0.1, -0.05) is 6.92 Å². The van der Waals surface area contributed by atoms with Crippen LogP contribution < -0.4 is 4.90 Å². The number of benzene rings is 1. The molecule has 0 spiro atoms. The number of nitro groups is 1. The lowest BCUT2D eigenvalue weighted by molar-refractivity contribution is -0.384. The standard InChI is InChI=1S/C19H21N7O2/c1-2-14-11-17(25-10-4-3-5-16(25)19-20-12-21-24-19)23-18(22-14)13-6-8-15(9-7-13)26(27)28/h6-9,11-12,16H,2-5,10H2,1H3,(H,20,21,24)/t16-/m0/s1. The van der Waals surface area contributed by atoms with E-state index in [1.807, 2.05) is 6.07 Å². The number of nitrogens with zero attached hydrogens (tertiary/aromatic N) is 6. The molecule has 9 nitrogen and oxygen atoms in total. The third-order valence-corrected chi connectivity index (χ3v) is 5.01. The first-order chi connectivity index (χ1) is 13.7.